The summed E-state index contributed by atoms with van der Waals surface area (Å²) in [6.45, 7) is 6.93. The molecule has 0 radical (unpaired) electrons. The fraction of sp³-hybridized carbons (Fsp3) is 0.846. The van der Waals surface area contributed by atoms with Crippen molar-refractivity contribution in [2.75, 3.05) is 0 Å². The van der Waals surface area contributed by atoms with Gasteiger partial charge >= 0.3 is 0 Å². The van der Waals surface area contributed by atoms with E-state index in [9.17, 15) is 0 Å². The maximum Gasteiger partial charge on any atom is 0.0208 e. The quantitative estimate of drug-likeness (QED) is 0.633. The molecule has 0 amide bonds. The fourth-order valence-electron chi connectivity index (χ4n) is 2.35. The molecule has 3 unspecified atom stereocenters. The highest BCUT2D eigenvalue weighted by molar-refractivity contribution is 8.00. The van der Waals surface area contributed by atoms with E-state index >= 15 is 0 Å². The molecule has 1 heteroatoms. The molecule has 14 heavy (non-hydrogen) atoms. The third-order valence-electron chi connectivity index (χ3n) is 3.01. The Hall–Kier alpha value is -0.0900. The van der Waals surface area contributed by atoms with Crippen LogP contribution in [0.1, 0.15) is 46.5 Å². The Bertz CT molecular complexity index is 202. The lowest BCUT2D eigenvalue weighted by Crippen LogP contribution is -2.13. The van der Waals surface area contributed by atoms with Gasteiger partial charge in [0, 0.05) is 16.9 Å². The van der Waals surface area contributed by atoms with Gasteiger partial charge in [0.15, 0.2) is 0 Å². The summed E-state index contributed by atoms with van der Waals surface area (Å²) >= 11 is 2.14. The van der Waals surface area contributed by atoms with Crippen molar-refractivity contribution in [3.63, 3.8) is 0 Å². The molecule has 1 rings (SSSR count). The summed E-state index contributed by atoms with van der Waals surface area (Å²) in [5.74, 6) is 4.53. The van der Waals surface area contributed by atoms with Crippen LogP contribution in [-0.4, -0.2) is 10.5 Å². The van der Waals surface area contributed by atoms with E-state index in [1.54, 1.807) is 0 Å². The van der Waals surface area contributed by atoms with Crippen LogP contribution in [0.25, 0.3) is 0 Å². The Morgan fingerprint density at radius 3 is 2.71 bits per heavy atom. The van der Waals surface area contributed by atoms with Crippen LogP contribution in [-0.2, 0) is 0 Å². The third kappa shape index (κ3) is 3.24. The van der Waals surface area contributed by atoms with Gasteiger partial charge in [-0.3, -0.25) is 0 Å². The first kappa shape index (κ1) is 12.0. The largest absolute Gasteiger partial charge is 0.154 e. The molecule has 3 atom stereocenters. The van der Waals surface area contributed by atoms with E-state index in [4.69, 9.17) is 6.42 Å². The predicted molar refractivity (Wildman–Crippen MR) is 66.5 cm³/mol. The first-order chi connectivity index (χ1) is 6.67. The molecule has 1 fully saturated rings. The van der Waals surface area contributed by atoms with Crippen molar-refractivity contribution in [3.05, 3.63) is 0 Å². The Morgan fingerprint density at radius 1 is 1.50 bits per heavy atom. The zero-order valence-electron chi connectivity index (χ0n) is 9.62. The monoisotopic (exact) mass is 210 g/mol. The molecule has 1 heterocycles. The first-order valence-electron chi connectivity index (χ1n) is 5.76. The third-order valence-corrected chi connectivity index (χ3v) is 4.82. The number of rotatable bonds is 4. The van der Waals surface area contributed by atoms with E-state index in [2.05, 4.69) is 38.5 Å². The first-order valence-corrected chi connectivity index (χ1v) is 6.70. The van der Waals surface area contributed by atoms with E-state index < -0.39 is 0 Å². The minimum absolute atomic E-state index is 0.743. The number of hydrogen-bond donors (Lipinski definition) is 0. The topological polar surface area (TPSA) is 0 Å². The van der Waals surface area contributed by atoms with Crippen LogP contribution < -0.4 is 0 Å². The fourth-order valence-corrected chi connectivity index (χ4v) is 4.03. The number of hydrogen-bond acceptors (Lipinski definition) is 1. The molecule has 0 spiro atoms. The highest BCUT2D eigenvalue weighted by atomic mass is 32.2. The molecule has 0 aromatic heterocycles. The van der Waals surface area contributed by atoms with Crippen LogP contribution >= 0.6 is 11.8 Å². The minimum Gasteiger partial charge on any atom is -0.154 e. The SMILES string of the molecule is C#CCC1SC(CC)CC1CC(C)C. The van der Waals surface area contributed by atoms with E-state index in [0.29, 0.717) is 0 Å². The molecule has 1 aliphatic heterocycles. The molecule has 0 nitrogen and oxygen atoms in total. The van der Waals surface area contributed by atoms with Gasteiger partial charge in [-0.05, 0) is 31.1 Å². The highest BCUT2D eigenvalue weighted by Crippen LogP contribution is 2.44. The van der Waals surface area contributed by atoms with Gasteiger partial charge < -0.3 is 0 Å². The average molecular weight is 210 g/mol. The molecular formula is C13H22S. The van der Waals surface area contributed by atoms with Crippen LogP contribution in [0, 0.1) is 24.2 Å². The zero-order chi connectivity index (χ0) is 10.6. The van der Waals surface area contributed by atoms with Crippen molar-refractivity contribution in [2.45, 2.75) is 57.0 Å². The van der Waals surface area contributed by atoms with Crippen molar-refractivity contribution in [1.29, 1.82) is 0 Å². The van der Waals surface area contributed by atoms with Crippen LogP contribution in [0.4, 0.5) is 0 Å². The van der Waals surface area contributed by atoms with Gasteiger partial charge in [-0.25, -0.2) is 0 Å². The van der Waals surface area contributed by atoms with Crippen molar-refractivity contribution >= 4 is 11.8 Å². The van der Waals surface area contributed by atoms with Crippen molar-refractivity contribution in [2.24, 2.45) is 11.8 Å². The molecule has 0 aliphatic carbocycles. The normalized spacial score (nSPS) is 32.1. The van der Waals surface area contributed by atoms with Gasteiger partial charge in [-0.1, -0.05) is 20.8 Å². The van der Waals surface area contributed by atoms with E-state index in [0.717, 1.165) is 28.8 Å². The summed E-state index contributed by atoms with van der Waals surface area (Å²) in [7, 11) is 0. The smallest absolute Gasteiger partial charge is 0.0208 e. The summed E-state index contributed by atoms with van der Waals surface area (Å²) < 4.78 is 0. The highest BCUT2D eigenvalue weighted by Gasteiger charge is 2.33. The molecule has 0 saturated carbocycles. The van der Waals surface area contributed by atoms with Crippen molar-refractivity contribution < 1.29 is 0 Å². The Labute approximate surface area is 93.2 Å². The van der Waals surface area contributed by atoms with Gasteiger partial charge in [0.05, 0.1) is 0 Å². The predicted octanol–water partition coefficient (Wildman–Crippen LogP) is 3.96. The molecule has 1 saturated heterocycles. The second-order valence-electron chi connectivity index (χ2n) is 4.74. The van der Waals surface area contributed by atoms with Gasteiger partial charge in [0.1, 0.15) is 0 Å². The van der Waals surface area contributed by atoms with Crippen LogP contribution in [0.3, 0.4) is 0 Å². The van der Waals surface area contributed by atoms with Crippen LogP contribution in [0.2, 0.25) is 0 Å². The van der Waals surface area contributed by atoms with E-state index in [1.165, 1.54) is 19.3 Å². The van der Waals surface area contributed by atoms with Gasteiger partial charge in [-0.2, -0.15) is 11.8 Å². The summed E-state index contributed by atoms with van der Waals surface area (Å²) in [4.78, 5) is 0. The summed E-state index contributed by atoms with van der Waals surface area (Å²) in [5, 5.41) is 1.62. The molecule has 0 aromatic carbocycles. The summed E-state index contributed by atoms with van der Waals surface area (Å²) in [6.07, 6.45) is 10.5. The van der Waals surface area contributed by atoms with Crippen LogP contribution in [0.15, 0.2) is 0 Å². The minimum atomic E-state index is 0.743. The maximum absolute atomic E-state index is 5.42. The average Bonchev–Trinajstić information content (AvgIpc) is 2.48. The molecule has 1 aliphatic rings. The maximum atomic E-state index is 5.42. The summed E-state index contributed by atoms with van der Waals surface area (Å²) in [6, 6.07) is 0. The standard InChI is InChI=1S/C13H22S/c1-5-7-13-11(8-10(3)4)9-12(6-2)14-13/h1,10-13H,6-9H2,2-4H3. The lowest BCUT2D eigenvalue weighted by atomic mass is 9.89. The van der Waals surface area contributed by atoms with Gasteiger partial charge in [0.25, 0.3) is 0 Å². The van der Waals surface area contributed by atoms with Gasteiger partial charge in [-0.15, -0.1) is 12.3 Å². The van der Waals surface area contributed by atoms with Crippen molar-refractivity contribution in [1.82, 2.24) is 0 Å². The Morgan fingerprint density at radius 2 is 2.21 bits per heavy atom. The lowest BCUT2D eigenvalue weighted by molar-refractivity contribution is 0.390. The summed E-state index contributed by atoms with van der Waals surface area (Å²) in [5.41, 5.74) is 0. The zero-order valence-corrected chi connectivity index (χ0v) is 10.4. The molecule has 0 aromatic rings. The second kappa shape index (κ2) is 5.71. The molecule has 80 valence electrons. The second-order valence-corrected chi connectivity index (χ2v) is 6.28. The Kier molecular flexibility index (Phi) is 4.89. The number of thioether (sulfide) groups is 1. The molecular weight excluding hydrogens is 188 g/mol. The molecule has 0 N–H and O–H groups in total. The van der Waals surface area contributed by atoms with Crippen molar-refractivity contribution in [3.8, 4) is 12.3 Å². The molecule has 0 bridgehead atoms. The number of terminal acetylenes is 1. The van der Waals surface area contributed by atoms with Gasteiger partial charge in [0.2, 0.25) is 0 Å². The van der Waals surface area contributed by atoms with E-state index in [-0.39, 0.29) is 0 Å². The van der Waals surface area contributed by atoms with Crippen LogP contribution in [0.5, 0.6) is 0 Å². The Balaban J connectivity index is 2.49. The van der Waals surface area contributed by atoms with E-state index in [1.807, 2.05) is 0 Å². The lowest BCUT2D eigenvalue weighted by Gasteiger charge is -2.18.